The van der Waals surface area contributed by atoms with Crippen molar-refractivity contribution in [2.75, 3.05) is 23.8 Å². The lowest BCUT2D eigenvalue weighted by Gasteiger charge is -2.14. The maximum atomic E-state index is 12.8. The fourth-order valence-electron chi connectivity index (χ4n) is 3.04. The van der Waals surface area contributed by atoms with Gasteiger partial charge in [0.2, 0.25) is 11.1 Å². The molecule has 4 rings (SSSR count). The Hall–Kier alpha value is -3.62. The van der Waals surface area contributed by atoms with Gasteiger partial charge in [-0.2, -0.15) is 15.2 Å². The zero-order valence-electron chi connectivity index (χ0n) is 18.4. The molecule has 0 aliphatic carbocycles. The van der Waals surface area contributed by atoms with E-state index >= 15 is 0 Å². The Morgan fingerprint density at radius 3 is 2.43 bits per heavy atom. The molecule has 1 aliphatic heterocycles. The number of methoxy groups -OCH3 is 2. The first-order valence-corrected chi connectivity index (χ1v) is 12.7. The predicted molar refractivity (Wildman–Crippen MR) is 135 cm³/mol. The van der Waals surface area contributed by atoms with E-state index < -0.39 is 15.4 Å². The van der Waals surface area contributed by atoms with Gasteiger partial charge in [-0.1, -0.05) is 42.2 Å². The second-order valence-corrected chi connectivity index (χ2v) is 10.2. The van der Waals surface area contributed by atoms with E-state index in [0.717, 1.165) is 18.1 Å². The number of amides is 1. The van der Waals surface area contributed by atoms with Crippen molar-refractivity contribution in [3.05, 3.63) is 60.9 Å². The lowest BCUT2D eigenvalue weighted by Crippen LogP contribution is -2.30. The number of nitrogens with one attached hydrogen (secondary N) is 1. The molecule has 11 nitrogen and oxygen atoms in total. The fourth-order valence-corrected chi connectivity index (χ4v) is 5.31. The van der Waals surface area contributed by atoms with Crippen LogP contribution < -0.4 is 19.1 Å². The Kier molecular flexibility index (Phi) is 7.23. The lowest BCUT2D eigenvalue weighted by atomic mass is 10.3. The van der Waals surface area contributed by atoms with Crippen LogP contribution in [0.15, 0.2) is 76.0 Å². The molecule has 1 unspecified atom stereocenters. The van der Waals surface area contributed by atoms with Crippen LogP contribution in [0.5, 0.6) is 11.6 Å². The third-order valence-corrected chi connectivity index (χ3v) is 7.40. The molecule has 1 aliphatic rings. The molecule has 180 valence electrons. The van der Waals surface area contributed by atoms with Gasteiger partial charge in [0.05, 0.1) is 30.5 Å². The summed E-state index contributed by atoms with van der Waals surface area (Å²) in [5.41, 5.74) is 1.02. The Morgan fingerprint density at radius 1 is 1.06 bits per heavy atom. The Labute approximate surface area is 210 Å². The van der Waals surface area contributed by atoms with Crippen molar-refractivity contribution in [3.63, 3.8) is 0 Å². The van der Waals surface area contributed by atoms with Gasteiger partial charge in [-0.25, -0.2) is 13.4 Å². The van der Waals surface area contributed by atoms with Gasteiger partial charge in [-0.15, -0.1) is 0 Å². The van der Waals surface area contributed by atoms with Gasteiger partial charge in [0.15, 0.2) is 5.82 Å². The molecule has 1 aromatic heterocycles. The molecule has 35 heavy (non-hydrogen) atoms. The van der Waals surface area contributed by atoms with Crippen molar-refractivity contribution in [1.29, 1.82) is 0 Å². The summed E-state index contributed by atoms with van der Waals surface area (Å²) in [6, 6.07) is 14.7. The Balaban J connectivity index is 1.48. The monoisotopic (exact) mass is 530 g/mol. The average Bonchev–Trinajstić information content (AvgIpc) is 3.15. The Bertz CT molecular complexity index is 1380. The number of azo groups is 1. The van der Waals surface area contributed by atoms with E-state index in [0.29, 0.717) is 15.7 Å². The summed E-state index contributed by atoms with van der Waals surface area (Å²) in [6.07, 6.45) is 1.15. The smallest absolute Gasteiger partial charge is 0.270 e. The molecule has 2 heterocycles. The summed E-state index contributed by atoms with van der Waals surface area (Å²) < 4.78 is 38.6. The molecule has 1 atom stereocenters. The molecule has 1 N–H and O–H groups in total. The summed E-state index contributed by atoms with van der Waals surface area (Å²) in [5.74, 6) is -0.239. The van der Waals surface area contributed by atoms with Gasteiger partial charge in [-0.3, -0.25) is 14.4 Å². The van der Waals surface area contributed by atoms with Crippen LogP contribution in [0, 0.1) is 0 Å². The minimum atomic E-state index is -4.00. The second-order valence-electron chi connectivity index (χ2n) is 6.82. The molecule has 14 heteroatoms. The van der Waals surface area contributed by atoms with Crippen molar-refractivity contribution in [2.24, 2.45) is 10.2 Å². The summed E-state index contributed by atoms with van der Waals surface area (Å²) in [6.45, 7) is 0. The van der Waals surface area contributed by atoms with E-state index in [-0.39, 0.29) is 28.3 Å². The highest BCUT2D eigenvalue weighted by Crippen LogP contribution is 2.34. The van der Waals surface area contributed by atoms with Gasteiger partial charge in [0.25, 0.3) is 21.8 Å². The number of carbonyl (C=O) groups is 1. The first-order valence-electron chi connectivity index (χ1n) is 9.90. The largest absolute Gasteiger partial charge is 0.489 e. The second kappa shape index (κ2) is 10.3. The first-order chi connectivity index (χ1) is 16.8. The molecule has 1 saturated heterocycles. The van der Waals surface area contributed by atoms with Crippen LogP contribution in [0.1, 0.15) is 0 Å². The molecule has 2 aromatic carbocycles. The highest BCUT2D eigenvalue weighted by molar-refractivity contribution is 8.25. The number of nitrogens with zero attached hydrogens (tertiary/aromatic N) is 5. The van der Waals surface area contributed by atoms with E-state index in [4.69, 9.17) is 21.7 Å². The maximum Gasteiger partial charge on any atom is 0.270 e. The van der Waals surface area contributed by atoms with Crippen molar-refractivity contribution >= 4 is 61.4 Å². The SMILES string of the molecule is COc1ncnc(NS(=O)(=O)c2ccc(N=NC3SC(=S)N(c4ccccc4)C3=O)cc2)c1OC. The Morgan fingerprint density at radius 2 is 1.77 bits per heavy atom. The number of aromatic nitrogens is 2. The number of carbonyl (C=O) groups excluding carboxylic acids is 1. The standard InChI is InChI=1S/C21H18N6O5S3/c1-31-16-17(22-12-23-18(16)32-2)26-35(29,30)15-10-8-13(9-11-15)24-25-19-20(28)27(21(33)34-19)14-6-4-3-5-7-14/h3-12,19H,1-2H3,(H,22,23,26). The van der Waals surface area contributed by atoms with Gasteiger partial charge in [0, 0.05) is 0 Å². The third-order valence-electron chi connectivity index (χ3n) is 4.67. The zero-order chi connectivity index (χ0) is 25.0. The average molecular weight is 531 g/mol. The first kappa shape index (κ1) is 24.5. The molecule has 0 radical (unpaired) electrons. The number of hydrogen-bond acceptors (Lipinski definition) is 11. The van der Waals surface area contributed by atoms with E-state index in [2.05, 4.69) is 24.9 Å². The highest BCUT2D eigenvalue weighted by Gasteiger charge is 2.38. The third kappa shape index (κ3) is 5.23. The number of ether oxygens (including phenoxy) is 2. The van der Waals surface area contributed by atoms with Crippen LogP contribution in [0.25, 0.3) is 0 Å². The quantitative estimate of drug-likeness (QED) is 0.341. The summed E-state index contributed by atoms with van der Waals surface area (Å²) >= 11 is 6.44. The van der Waals surface area contributed by atoms with Gasteiger partial charge in [-0.05, 0) is 36.4 Å². The molecular weight excluding hydrogens is 512 g/mol. The van der Waals surface area contributed by atoms with Crippen molar-refractivity contribution in [3.8, 4) is 11.6 Å². The number of para-hydroxylation sites is 1. The number of thiocarbonyl (C=S) groups is 1. The van der Waals surface area contributed by atoms with E-state index in [9.17, 15) is 13.2 Å². The number of thioether (sulfide) groups is 1. The van der Waals surface area contributed by atoms with Gasteiger partial charge < -0.3 is 9.47 Å². The molecule has 1 fully saturated rings. The number of sulfonamides is 1. The van der Waals surface area contributed by atoms with Gasteiger partial charge >= 0.3 is 0 Å². The summed E-state index contributed by atoms with van der Waals surface area (Å²) in [5, 5.41) is 7.36. The van der Waals surface area contributed by atoms with Crippen LogP contribution >= 0.6 is 24.0 Å². The van der Waals surface area contributed by atoms with Crippen molar-refractivity contribution in [1.82, 2.24) is 9.97 Å². The zero-order valence-corrected chi connectivity index (χ0v) is 20.8. The molecule has 3 aromatic rings. The van der Waals surface area contributed by atoms with E-state index in [1.807, 2.05) is 18.2 Å². The fraction of sp³-hybridized carbons (Fsp3) is 0.143. The number of rotatable bonds is 8. The van der Waals surface area contributed by atoms with Crippen LogP contribution in [-0.2, 0) is 14.8 Å². The molecular formula is C21H18N6O5S3. The van der Waals surface area contributed by atoms with Gasteiger partial charge in [0.1, 0.15) is 10.6 Å². The number of hydrogen-bond donors (Lipinski definition) is 1. The molecule has 1 amide bonds. The van der Waals surface area contributed by atoms with E-state index in [1.165, 1.54) is 43.4 Å². The van der Waals surface area contributed by atoms with Crippen molar-refractivity contribution < 1.29 is 22.7 Å². The van der Waals surface area contributed by atoms with E-state index in [1.54, 1.807) is 12.1 Å². The maximum absolute atomic E-state index is 12.8. The topological polar surface area (TPSA) is 135 Å². The molecule has 0 saturated carbocycles. The van der Waals surface area contributed by atoms with Crippen LogP contribution in [-0.4, -0.2) is 48.2 Å². The van der Waals surface area contributed by atoms with Crippen LogP contribution in [0.4, 0.5) is 17.2 Å². The lowest BCUT2D eigenvalue weighted by molar-refractivity contribution is -0.116. The minimum absolute atomic E-state index is 0.0427. The van der Waals surface area contributed by atoms with Crippen molar-refractivity contribution in [2.45, 2.75) is 10.3 Å². The minimum Gasteiger partial charge on any atom is -0.489 e. The highest BCUT2D eigenvalue weighted by atomic mass is 32.2. The van der Waals surface area contributed by atoms with Crippen LogP contribution in [0.3, 0.4) is 0 Å². The summed E-state index contributed by atoms with van der Waals surface area (Å²) in [7, 11) is -1.28. The molecule has 0 bridgehead atoms. The number of anilines is 2. The normalized spacial score (nSPS) is 16.1. The predicted octanol–water partition coefficient (Wildman–Crippen LogP) is 3.77. The molecule has 0 spiro atoms. The van der Waals surface area contributed by atoms with Crippen LogP contribution in [0.2, 0.25) is 0 Å². The summed E-state index contributed by atoms with van der Waals surface area (Å²) in [4.78, 5) is 21.9. The number of benzene rings is 2.